The average molecular weight is 328 g/mol. The lowest BCUT2D eigenvalue weighted by Gasteiger charge is -2.03. The molecule has 0 saturated carbocycles. The maximum absolute atomic E-state index is 5.89. The zero-order chi connectivity index (χ0) is 15.9. The van der Waals surface area contributed by atoms with Crippen molar-refractivity contribution in [2.75, 3.05) is 6.61 Å². The Balaban J connectivity index is 1.43. The van der Waals surface area contributed by atoms with Crippen molar-refractivity contribution in [1.82, 2.24) is 4.98 Å². The first-order valence-electron chi connectivity index (χ1n) is 7.63. The van der Waals surface area contributed by atoms with E-state index in [4.69, 9.17) is 20.8 Å². The van der Waals surface area contributed by atoms with Crippen LogP contribution in [0.15, 0.2) is 65.3 Å². The lowest BCUT2D eigenvalue weighted by Crippen LogP contribution is -1.97. The molecule has 0 aliphatic heterocycles. The number of halogens is 1. The molecule has 0 bridgehead atoms. The maximum Gasteiger partial charge on any atom is 0.194 e. The Kier molecular flexibility index (Phi) is 5.46. The van der Waals surface area contributed by atoms with Crippen molar-refractivity contribution >= 4 is 11.6 Å². The third kappa shape index (κ3) is 4.68. The minimum Gasteiger partial charge on any atom is -0.448 e. The Morgan fingerprint density at radius 3 is 2.57 bits per heavy atom. The molecule has 0 spiro atoms. The smallest absolute Gasteiger partial charge is 0.194 e. The lowest BCUT2D eigenvalue weighted by molar-refractivity contribution is 0.117. The lowest BCUT2D eigenvalue weighted by atomic mass is 10.2. The van der Waals surface area contributed by atoms with Crippen LogP contribution < -0.4 is 0 Å². The first-order valence-corrected chi connectivity index (χ1v) is 8.01. The Morgan fingerprint density at radius 1 is 1.00 bits per heavy atom. The summed E-state index contributed by atoms with van der Waals surface area (Å²) in [6, 6.07) is 17.7. The summed E-state index contributed by atoms with van der Waals surface area (Å²) in [5.41, 5.74) is 3.03. The third-order valence-corrected chi connectivity index (χ3v) is 3.73. The van der Waals surface area contributed by atoms with Gasteiger partial charge in [-0.2, -0.15) is 0 Å². The fraction of sp³-hybridized carbons (Fsp3) is 0.211. The molecule has 0 aliphatic carbocycles. The van der Waals surface area contributed by atoms with Crippen molar-refractivity contribution in [3.8, 4) is 11.3 Å². The van der Waals surface area contributed by atoms with Gasteiger partial charge < -0.3 is 9.15 Å². The van der Waals surface area contributed by atoms with Crippen LogP contribution in [0.5, 0.6) is 0 Å². The minimum atomic E-state index is 0.641. The fourth-order valence-electron chi connectivity index (χ4n) is 2.27. The summed E-state index contributed by atoms with van der Waals surface area (Å²) in [6.45, 7) is 1.33. The SMILES string of the molecule is Clc1ccc(-c2coc(CCCOCc3ccccc3)n2)cc1. The van der Waals surface area contributed by atoms with Gasteiger partial charge in [-0.25, -0.2) is 4.98 Å². The first kappa shape index (κ1) is 15.8. The van der Waals surface area contributed by atoms with E-state index in [1.165, 1.54) is 5.56 Å². The number of oxazole rings is 1. The number of aromatic nitrogens is 1. The van der Waals surface area contributed by atoms with Crippen LogP contribution in [-0.4, -0.2) is 11.6 Å². The zero-order valence-corrected chi connectivity index (χ0v) is 13.5. The standard InChI is InChI=1S/C19H18ClNO2/c20-17-10-8-16(9-11-17)18-14-23-19(21-18)7-4-12-22-13-15-5-2-1-3-6-15/h1-3,5-6,8-11,14H,4,7,12-13H2. The second-order valence-corrected chi connectivity index (χ2v) is 5.71. The molecule has 0 atom stereocenters. The molecular formula is C19H18ClNO2. The predicted octanol–water partition coefficient (Wildman–Crippen LogP) is 5.14. The number of hydrogen-bond donors (Lipinski definition) is 0. The fourth-order valence-corrected chi connectivity index (χ4v) is 2.39. The van der Waals surface area contributed by atoms with Gasteiger partial charge >= 0.3 is 0 Å². The van der Waals surface area contributed by atoms with E-state index in [0.717, 1.165) is 30.0 Å². The molecule has 1 heterocycles. The van der Waals surface area contributed by atoms with Gasteiger partial charge in [0, 0.05) is 23.6 Å². The van der Waals surface area contributed by atoms with Crippen molar-refractivity contribution in [2.24, 2.45) is 0 Å². The van der Waals surface area contributed by atoms with Gasteiger partial charge in [0.2, 0.25) is 0 Å². The van der Waals surface area contributed by atoms with Crippen LogP contribution in [0.3, 0.4) is 0 Å². The first-order chi connectivity index (χ1) is 11.3. The number of nitrogens with zero attached hydrogens (tertiary/aromatic N) is 1. The van der Waals surface area contributed by atoms with Gasteiger partial charge in [0.15, 0.2) is 5.89 Å². The molecule has 23 heavy (non-hydrogen) atoms. The van der Waals surface area contributed by atoms with E-state index in [0.29, 0.717) is 18.2 Å². The molecule has 3 nitrogen and oxygen atoms in total. The van der Waals surface area contributed by atoms with E-state index in [1.807, 2.05) is 42.5 Å². The van der Waals surface area contributed by atoms with Gasteiger partial charge in [-0.15, -0.1) is 0 Å². The second-order valence-electron chi connectivity index (χ2n) is 5.28. The van der Waals surface area contributed by atoms with Crippen LogP contribution in [0.4, 0.5) is 0 Å². The summed E-state index contributed by atoms with van der Waals surface area (Å²) in [5.74, 6) is 0.735. The molecular weight excluding hydrogens is 310 g/mol. The number of aryl methyl sites for hydroxylation is 1. The number of ether oxygens (including phenoxy) is 1. The van der Waals surface area contributed by atoms with Crippen molar-refractivity contribution in [1.29, 1.82) is 0 Å². The molecule has 118 valence electrons. The van der Waals surface area contributed by atoms with Crippen molar-refractivity contribution in [2.45, 2.75) is 19.4 Å². The van der Waals surface area contributed by atoms with Gasteiger partial charge in [0.05, 0.1) is 6.61 Å². The van der Waals surface area contributed by atoms with Gasteiger partial charge in [0.1, 0.15) is 12.0 Å². The highest BCUT2D eigenvalue weighted by atomic mass is 35.5. The maximum atomic E-state index is 5.89. The summed E-state index contributed by atoms with van der Waals surface area (Å²) < 4.78 is 11.2. The van der Waals surface area contributed by atoms with E-state index in [2.05, 4.69) is 17.1 Å². The molecule has 3 rings (SSSR count). The van der Waals surface area contributed by atoms with Crippen LogP contribution in [-0.2, 0) is 17.8 Å². The monoisotopic (exact) mass is 327 g/mol. The van der Waals surface area contributed by atoms with Gasteiger partial charge in [-0.3, -0.25) is 0 Å². The van der Waals surface area contributed by atoms with Gasteiger partial charge in [0.25, 0.3) is 0 Å². The molecule has 2 aromatic carbocycles. The largest absolute Gasteiger partial charge is 0.448 e. The predicted molar refractivity (Wildman–Crippen MR) is 91.4 cm³/mol. The molecule has 0 fully saturated rings. The second kappa shape index (κ2) is 7.95. The van der Waals surface area contributed by atoms with E-state index < -0.39 is 0 Å². The number of benzene rings is 2. The molecule has 0 amide bonds. The molecule has 0 unspecified atom stereocenters. The summed E-state index contributed by atoms with van der Waals surface area (Å²) >= 11 is 5.89. The molecule has 0 aliphatic rings. The normalized spacial score (nSPS) is 10.8. The Labute approximate surface area is 140 Å². The molecule has 0 radical (unpaired) electrons. The summed E-state index contributed by atoms with van der Waals surface area (Å²) in [7, 11) is 0. The van der Waals surface area contributed by atoms with E-state index in [9.17, 15) is 0 Å². The summed E-state index contributed by atoms with van der Waals surface area (Å²) in [4.78, 5) is 4.50. The van der Waals surface area contributed by atoms with Crippen molar-refractivity contribution in [3.05, 3.63) is 77.3 Å². The highest BCUT2D eigenvalue weighted by Crippen LogP contribution is 2.21. The minimum absolute atomic E-state index is 0.641. The summed E-state index contributed by atoms with van der Waals surface area (Å²) in [5, 5.41) is 0.716. The topological polar surface area (TPSA) is 35.3 Å². The summed E-state index contributed by atoms with van der Waals surface area (Å²) in [6.07, 6.45) is 3.33. The van der Waals surface area contributed by atoms with E-state index in [-0.39, 0.29) is 0 Å². The van der Waals surface area contributed by atoms with Crippen molar-refractivity contribution in [3.63, 3.8) is 0 Å². The Bertz CT molecular complexity index is 723. The van der Waals surface area contributed by atoms with Crippen molar-refractivity contribution < 1.29 is 9.15 Å². The Hall–Kier alpha value is -2.10. The van der Waals surface area contributed by atoms with E-state index >= 15 is 0 Å². The Morgan fingerprint density at radius 2 is 1.78 bits per heavy atom. The third-order valence-electron chi connectivity index (χ3n) is 3.48. The average Bonchev–Trinajstić information content (AvgIpc) is 3.05. The highest BCUT2D eigenvalue weighted by molar-refractivity contribution is 6.30. The van der Waals surface area contributed by atoms with Crippen LogP contribution >= 0.6 is 11.6 Å². The quantitative estimate of drug-likeness (QED) is 0.563. The van der Waals surface area contributed by atoms with Crippen LogP contribution in [0.1, 0.15) is 17.9 Å². The van der Waals surface area contributed by atoms with Gasteiger partial charge in [-0.05, 0) is 24.1 Å². The number of hydrogen-bond acceptors (Lipinski definition) is 3. The molecule has 3 aromatic rings. The van der Waals surface area contributed by atoms with E-state index in [1.54, 1.807) is 6.26 Å². The number of rotatable bonds is 7. The van der Waals surface area contributed by atoms with Gasteiger partial charge in [-0.1, -0.05) is 54.1 Å². The van der Waals surface area contributed by atoms with Crippen LogP contribution in [0.25, 0.3) is 11.3 Å². The molecule has 1 aromatic heterocycles. The highest BCUT2D eigenvalue weighted by Gasteiger charge is 2.06. The van der Waals surface area contributed by atoms with Crippen LogP contribution in [0, 0.1) is 0 Å². The molecule has 0 saturated heterocycles. The zero-order valence-electron chi connectivity index (χ0n) is 12.7. The van der Waals surface area contributed by atoms with Crippen LogP contribution in [0.2, 0.25) is 5.02 Å². The molecule has 4 heteroatoms. The molecule has 0 N–H and O–H groups in total.